The van der Waals surface area contributed by atoms with Crippen molar-refractivity contribution in [2.45, 2.75) is 0 Å². The zero-order valence-corrected chi connectivity index (χ0v) is 14.5. The Morgan fingerprint density at radius 1 is 0.720 bits per heavy atom. The highest BCUT2D eigenvalue weighted by Crippen LogP contribution is 2.44. The van der Waals surface area contributed by atoms with E-state index in [1.165, 1.54) is 5.56 Å². The van der Waals surface area contributed by atoms with Crippen molar-refractivity contribution in [3.63, 3.8) is 0 Å². The lowest BCUT2D eigenvalue weighted by molar-refractivity contribution is 0.291. The molecule has 0 spiro atoms. The Balaban J connectivity index is 0.000000236. The lowest BCUT2D eigenvalue weighted by atomic mass is 10.2. The predicted octanol–water partition coefficient (Wildman–Crippen LogP) is 5.57. The summed E-state index contributed by atoms with van der Waals surface area (Å²) in [7, 11) is -4.14. The van der Waals surface area contributed by atoms with Gasteiger partial charge in [-0.15, -0.1) is 0 Å². The van der Waals surface area contributed by atoms with Crippen molar-refractivity contribution in [3.8, 4) is 11.5 Å². The fourth-order valence-electron chi connectivity index (χ4n) is 1.84. The number of benzene rings is 3. The fourth-order valence-corrected chi connectivity index (χ4v) is 2.65. The maximum atomic E-state index is 11.7. The first kappa shape index (κ1) is 18.5. The molecule has 0 saturated carbocycles. The Labute approximate surface area is 147 Å². The van der Waals surface area contributed by atoms with Gasteiger partial charge in [-0.05, 0) is 29.8 Å². The van der Waals surface area contributed by atoms with Crippen LogP contribution in [0.4, 0.5) is 0 Å². The highest BCUT2D eigenvalue weighted by atomic mass is 31.2. The zero-order valence-electron chi connectivity index (χ0n) is 13.6. The van der Waals surface area contributed by atoms with E-state index >= 15 is 0 Å². The maximum Gasteiger partial charge on any atom is 0.584 e. The summed E-state index contributed by atoms with van der Waals surface area (Å²) in [5.74, 6) is 0.573. The van der Waals surface area contributed by atoms with Crippen LogP contribution in [0.3, 0.4) is 0 Å². The van der Waals surface area contributed by atoms with Crippen LogP contribution >= 0.6 is 7.82 Å². The molecule has 0 amide bonds. The highest BCUT2D eigenvalue weighted by Gasteiger charge is 2.24. The first-order chi connectivity index (χ1) is 12.1. The van der Waals surface area contributed by atoms with Crippen LogP contribution in [-0.2, 0) is 4.57 Å². The van der Waals surface area contributed by atoms with E-state index in [1.54, 1.807) is 60.7 Å². The normalized spacial score (nSPS) is 10.1. The lowest BCUT2D eigenvalue weighted by Crippen LogP contribution is -1.99. The average Bonchev–Trinajstić information content (AvgIpc) is 2.64. The molecule has 25 heavy (non-hydrogen) atoms. The summed E-state index contributed by atoms with van der Waals surface area (Å²) in [5, 5.41) is 0. The van der Waals surface area contributed by atoms with Crippen molar-refractivity contribution >= 4 is 13.9 Å². The van der Waals surface area contributed by atoms with E-state index < -0.39 is 7.82 Å². The van der Waals surface area contributed by atoms with Crippen LogP contribution in [0.2, 0.25) is 0 Å². The highest BCUT2D eigenvalue weighted by molar-refractivity contribution is 7.48. The van der Waals surface area contributed by atoms with E-state index in [2.05, 4.69) is 6.58 Å². The summed E-state index contributed by atoms with van der Waals surface area (Å²) in [5.41, 5.74) is 1.17. The summed E-state index contributed by atoms with van der Waals surface area (Å²) < 4.78 is 21.5. The fraction of sp³-hybridized carbons (Fsp3) is 0. The molecule has 0 aliphatic rings. The second kappa shape index (κ2) is 9.48. The molecule has 0 radical (unpaired) electrons. The Kier molecular flexibility index (Phi) is 7.02. The Morgan fingerprint density at radius 3 is 1.40 bits per heavy atom. The minimum absolute atomic E-state index is 0.286. The van der Waals surface area contributed by atoms with E-state index in [4.69, 9.17) is 9.05 Å². The average molecular weight is 354 g/mol. The van der Waals surface area contributed by atoms with Gasteiger partial charge < -0.3 is 9.05 Å². The Hall–Kier alpha value is -2.81. The Morgan fingerprint density at radius 2 is 1.08 bits per heavy atom. The van der Waals surface area contributed by atoms with Crippen molar-refractivity contribution in [2.75, 3.05) is 0 Å². The number of para-hydroxylation sites is 2. The molecule has 0 aromatic heterocycles. The summed E-state index contributed by atoms with van der Waals surface area (Å²) >= 11 is 0. The third-order valence-corrected chi connectivity index (χ3v) is 3.85. The second-order valence-corrected chi connectivity index (χ2v) is 6.19. The minimum atomic E-state index is -4.14. The van der Waals surface area contributed by atoms with Crippen LogP contribution in [0.5, 0.6) is 11.5 Å². The van der Waals surface area contributed by atoms with Crippen LogP contribution in [0, 0.1) is 0 Å². The van der Waals surface area contributed by atoms with Crippen molar-refractivity contribution < 1.29 is 18.5 Å². The topological polar surface area (TPSA) is 55.8 Å². The molecule has 5 heteroatoms. The van der Waals surface area contributed by atoms with E-state index in [1.807, 2.05) is 36.4 Å². The summed E-state index contributed by atoms with van der Waals surface area (Å²) in [6.45, 7) is 3.63. The van der Waals surface area contributed by atoms with Crippen molar-refractivity contribution in [1.82, 2.24) is 0 Å². The molecule has 0 atom stereocenters. The van der Waals surface area contributed by atoms with E-state index in [-0.39, 0.29) is 11.5 Å². The van der Waals surface area contributed by atoms with E-state index in [9.17, 15) is 9.46 Å². The van der Waals surface area contributed by atoms with E-state index in [0.717, 1.165) is 0 Å². The molecule has 0 unspecified atom stereocenters. The van der Waals surface area contributed by atoms with Gasteiger partial charge in [-0.25, -0.2) is 4.57 Å². The van der Waals surface area contributed by atoms with Crippen LogP contribution in [0.1, 0.15) is 5.56 Å². The molecule has 0 saturated heterocycles. The molecule has 0 aliphatic heterocycles. The predicted molar refractivity (Wildman–Crippen MR) is 100 cm³/mol. The maximum absolute atomic E-state index is 11.7. The summed E-state index contributed by atoms with van der Waals surface area (Å²) in [6.07, 6.45) is 1.83. The third-order valence-electron chi connectivity index (χ3n) is 2.96. The van der Waals surface area contributed by atoms with Gasteiger partial charge in [0.1, 0.15) is 11.5 Å². The van der Waals surface area contributed by atoms with Gasteiger partial charge >= 0.3 is 7.82 Å². The van der Waals surface area contributed by atoms with Gasteiger partial charge in [0.25, 0.3) is 0 Å². The molecular weight excluding hydrogens is 335 g/mol. The van der Waals surface area contributed by atoms with Gasteiger partial charge in [-0.1, -0.05) is 79.4 Å². The van der Waals surface area contributed by atoms with Gasteiger partial charge in [-0.3, -0.25) is 4.89 Å². The number of hydrogen-bond donors (Lipinski definition) is 1. The molecule has 128 valence electrons. The van der Waals surface area contributed by atoms with Crippen LogP contribution in [0.25, 0.3) is 6.08 Å². The van der Waals surface area contributed by atoms with Gasteiger partial charge in [-0.2, -0.15) is 0 Å². The first-order valence-electron chi connectivity index (χ1n) is 7.58. The largest absolute Gasteiger partial charge is 0.584 e. The molecule has 0 fully saturated rings. The first-order valence-corrected chi connectivity index (χ1v) is 9.08. The Bertz CT molecular complexity index is 759. The number of rotatable bonds is 5. The van der Waals surface area contributed by atoms with Gasteiger partial charge in [0.05, 0.1) is 0 Å². The van der Waals surface area contributed by atoms with Crippen LogP contribution in [0.15, 0.2) is 97.6 Å². The SMILES string of the molecule is C=Cc1ccccc1.O=P(O)(Oc1ccccc1)Oc1ccccc1. The molecule has 3 rings (SSSR count). The molecule has 1 N–H and O–H groups in total. The number of phosphoric acid groups is 1. The van der Waals surface area contributed by atoms with E-state index in [0.29, 0.717) is 0 Å². The smallest absolute Gasteiger partial charge is 0.395 e. The van der Waals surface area contributed by atoms with Gasteiger partial charge in [0, 0.05) is 0 Å². The molecule has 3 aromatic rings. The zero-order chi connectivity index (χ0) is 18.0. The lowest BCUT2D eigenvalue weighted by Gasteiger charge is -2.13. The van der Waals surface area contributed by atoms with Crippen molar-refractivity contribution in [2.24, 2.45) is 0 Å². The number of phosphoric ester groups is 1. The van der Waals surface area contributed by atoms with Gasteiger partial charge in [0.2, 0.25) is 0 Å². The van der Waals surface area contributed by atoms with Gasteiger partial charge in [0.15, 0.2) is 0 Å². The second-order valence-electron chi connectivity index (χ2n) is 4.89. The molecule has 3 aromatic carbocycles. The van der Waals surface area contributed by atoms with Crippen molar-refractivity contribution in [1.29, 1.82) is 0 Å². The summed E-state index contributed by atoms with van der Waals surface area (Å²) in [4.78, 5) is 9.53. The monoisotopic (exact) mass is 354 g/mol. The minimum Gasteiger partial charge on any atom is -0.395 e. The third kappa shape index (κ3) is 7.08. The number of hydrogen-bond acceptors (Lipinski definition) is 3. The molecule has 0 bridgehead atoms. The molecule has 0 aliphatic carbocycles. The quantitative estimate of drug-likeness (QED) is 0.608. The molecule has 0 heterocycles. The molecular formula is C20H19O4P. The summed E-state index contributed by atoms with van der Waals surface area (Å²) in [6, 6.07) is 26.7. The van der Waals surface area contributed by atoms with Crippen molar-refractivity contribution in [3.05, 3.63) is 103 Å². The van der Waals surface area contributed by atoms with Crippen LogP contribution < -0.4 is 9.05 Å². The molecule has 4 nitrogen and oxygen atoms in total. The standard InChI is InChI=1S/C12H11O4P.C8H8/c13-17(14,15-11-7-3-1-4-8-11)16-12-9-5-2-6-10-12;1-2-8-6-4-3-5-7-8/h1-10H,(H,13,14);2-7H,1H2. The van der Waals surface area contributed by atoms with Crippen LogP contribution in [-0.4, -0.2) is 4.89 Å².